The average molecular weight is 279 g/mol. The maximum absolute atomic E-state index is 11.1. The van der Waals surface area contributed by atoms with Crippen LogP contribution in [0.25, 0.3) is 0 Å². The molecular formula is C14H21N3O3. The molecule has 1 saturated carbocycles. The topological polar surface area (TPSA) is 84.3 Å². The van der Waals surface area contributed by atoms with Crippen molar-refractivity contribution in [1.29, 1.82) is 0 Å². The first-order chi connectivity index (χ1) is 9.69. The van der Waals surface area contributed by atoms with Crippen LogP contribution in [-0.2, 0) is 4.79 Å². The van der Waals surface area contributed by atoms with Gasteiger partial charge in [0.2, 0.25) is 5.88 Å². The molecule has 6 heteroatoms. The molecule has 6 nitrogen and oxygen atoms in total. The number of hydrogen-bond acceptors (Lipinski definition) is 5. The Hall–Kier alpha value is -1.85. The molecule has 1 fully saturated rings. The zero-order valence-corrected chi connectivity index (χ0v) is 11.7. The maximum atomic E-state index is 11.1. The van der Waals surface area contributed by atoms with Crippen molar-refractivity contribution in [2.45, 2.75) is 45.1 Å². The molecule has 0 bridgehead atoms. The van der Waals surface area contributed by atoms with Crippen molar-refractivity contribution >= 4 is 11.8 Å². The van der Waals surface area contributed by atoms with Crippen molar-refractivity contribution in [3.8, 4) is 5.88 Å². The molecule has 110 valence electrons. The highest BCUT2D eigenvalue weighted by molar-refractivity contribution is 5.70. The number of carbonyl (C=O) groups is 1. The van der Waals surface area contributed by atoms with E-state index in [-0.39, 0.29) is 12.0 Å². The van der Waals surface area contributed by atoms with Gasteiger partial charge < -0.3 is 15.2 Å². The minimum absolute atomic E-state index is 0.152. The third-order valence-electron chi connectivity index (χ3n) is 3.47. The fourth-order valence-electron chi connectivity index (χ4n) is 2.46. The number of nitrogens with one attached hydrogen (secondary N) is 1. The zero-order valence-electron chi connectivity index (χ0n) is 11.7. The smallest absolute Gasteiger partial charge is 0.306 e. The van der Waals surface area contributed by atoms with Crippen molar-refractivity contribution in [2.75, 3.05) is 11.9 Å². The summed E-state index contributed by atoms with van der Waals surface area (Å²) in [5.41, 5.74) is 0. The minimum atomic E-state index is -0.703. The highest BCUT2D eigenvalue weighted by Crippen LogP contribution is 2.26. The van der Waals surface area contributed by atoms with Crippen molar-refractivity contribution in [3.63, 3.8) is 0 Å². The van der Waals surface area contributed by atoms with E-state index in [1.807, 2.05) is 6.92 Å². The number of aromatic nitrogens is 2. The number of nitrogens with zero attached hydrogens (tertiary/aromatic N) is 2. The van der Waals surface area contributed by atoms with Gasteiger partial charge in [0.25, 0.3) is 0 Å². The minimum Gasteiger partial charge on any atom is -0.481 e. The summed E-state index contributed by atoms with van der Waals surface area (Å²) in [4.78, 5) is 19.3. The molecule has 20 heavy (non-hydrogen) atoms. The second-order valence-corrected chi connectivity index (χ2v) is 5.13. The molecule has 1 aromatic heterocycles. The van der Waals surface area contributed by atoms with Gasteiger partial charge in [0, 0.05) is 12.1 Å². The predicted octanol–water partition coefficient (Wildman–Crippen LogP) is 2.32. The van der Waals surface area contributed by atoms with E-state index in [0.717, 1.165) is 25.7 Å². The molecule has 2 N–H and O–H groups in total. The third-order valence-corrected chi connectivity index (χ3v) is 3.47. The van der Waals surface area contributed by atoms with Gasteiger partial charge in [-0.3, -0.25) is 4.79 Å². The largest absolute Gasteiger partial charge is 0.481 e. The van der Waals surface area contributed by atoms with Gasteiger partial charge >= 0.3 is 5.97 Å². The zero-order chi connectivity index (χ0) is 14.4. The second kappa shape index (κ2) is 7.07. The molecule has 2 rings (SSSR count). The molecule has 2 atom stereocenters. The lowest BCUT2D eigenvalue weighted by atomic mass is 9.86. The lowest BCUT2D eigenvalue weighted by Crippen LogP contribution is -2.31. The van der Waals surface area contributed by atoms with Crippen LogP contribution in [-0.4, -0.2) is 33.7 Å². The Morgan fingerprint density at radius 2 is 2.35 bits per heavy atom. The van der Waals surface area contributed by atoms with E-state index >= 15 is 0 Å². The Labute approximate surface area is 118 Å². The average Bonchev–Trinajstić information content (AvgIpc) is 2.46. The molecule has 1 aliphatic carbocycles. The number of aliphatic carboxylic acids is 1. The lowest BCUT2D eigenvalue weighted by molar-refractivity contribution is -0.142. The standard InChI is InChI=1S/C14H21N3O3/c1-2-6-20-13-8-12(15-9-16-13)17-11-5-3-4-10(7-11)14(18)19/h8-11H,2-7H2,1H3,(H,18,19)(H,15,16,17). The first-order valence-electron chi connectivity index (χ1n) is 7.13. The van der Waals surface area contributed by atoms with Gasteiger partial charge in [-0.05, 0) is 25.7 Å². The molecular weight excluding hydrogens is 258 g/mol. The number of rotatable bonds is 6. The van der Waals surface area contributed by atoms with E-state index in [4.69, 9.17) is 9.84 Å². The molecule has 0 spiro atoms. The van der Waals surface area contributed by atoms with Crippen LogP contribution in [0.3, 0.4) is 0 Å². The summed E-state index contributed by atoms with van der Waals surface area (Å²) in [5.74, 6) is 0.294. The Morgan fingerprint density at radius 3 is 3.10 bits per heavy atom. The van der Waals surface area contributed by atoms with Gasteiger partial charge in [-0.15, -0.1) is 0 Å². The van der Waals surface area contributed by atoms with Gasteiger partial charge in [0.15, 0.2) is 0 Å². The van der Waals surface area contributed by atoms with Gasteiger partial charge in [-0.2, -0.15) is 0 Å². The van der Waals surface area contributed by atoms with Crippen LogP contribution in [0.4, 0.5) is 5.82 Å². The fourth-order valence-corrected chi connectivity index (χ4v) is 2.46. The summed E-state index contributed by atoms with van der Waals surface area (Å²) in [6, 6.07) is 1.92. The number of carboxylic acids is 1. The van der Waals surface area contributed by atoms with Crippen molar-refractivity contribution < 1.29 is 14.6 Å². The predicted molar refractivity (Wildman–Crippen MR) is 74.8 cm³/mol. The lowest BCUT2D eigenvalue weighted by Gasteiger charge is -2.27. The SMILES string of the molecule is CCCOc1cc(NC2CCCC(C(=O)O)C2)ncn1. The Morgan fingerprint density at radius 1 is 1.50 bits per heavy atom. The van der Waals surface area contributed by atoms with Gasteiger partial charge in [0.05, 0.1) is 12.5 Å². The van der Waals surface area contributed by atoms with Crippen LogP contribution < -0.4 is 10.1 Å². The Balaban J connectivity index is 1.93. The fraction of sp³-hybridized carbons (Fsp3) is 0.643. The quantitative estimate of drug-likeness (QED) is 0.831. The summed E-state index contributed by atoms with van der Waals surface area (Å²) in [6.07, 6.45) is 5.70. The molecule has 2 unspecified atom stereocenters. The van der Waals surface area contributed by atoms with Crippen LogP contribution in [0.15, 0.2) is 12.4 Å². The summed E-state index contributed by atoms with van der Waals surface area (Å²) in [6.45, 7) is 2.66. The number of ether oxygens (including phenoxy) is 1. The molecule has 0 radical (unpaired) electrons. The molecule has 0 saturated heterocycles. The molecule has 0 aromatic carbocycles. The first kappa shape index (κ1) is 14.6. The molecule has 0 amide bonds. The van der Waals surface area contributed by atoms with Crippen molar-refractivity contribution in [3.05, 3.63) is 12.4 Å². The maximum Gasteiger partial charge on any atom is 0.306 e. The van der Waals surface area contributed by atoms with E-state index in [1.165, 1.54) is 6.33 Å². The van der Waals surface area contributed by atoms with Crippen LogP contribution in [0.2, 0.25) is 0 Å². The van der Waals surface area contributed by atoms with Crippen molar-refractivity contribution in [2.24, 2.45) is 5.92 Å². The van der Waals surface area contributed by atoms with E-state index in [0.29, 0.717) is 24.7 Å². The van der Waals surface area contributed by atoms with Gasteiger partial charge in [0.1, 0.15) is 12.1 Å². The van der Waals surface area contributed by atoms with Crippen molar-refractivity contribution in [1.82, 2.24) is 9.97 Å². The third kappa shape index (κ3) is 4.08. The molecule has 0 aliphatic heterocycles. The number of anilines is 1. The molecule has 1 aromatic rings. The summed E-state index contributed by atoms with van der Waals surface area (Å²) in [5, 5.41) is 12.4. The Bertz CT molecular complexity index is 453. The van der Waals surface area contributed by atoms with Crippen LogP contribution >= 0.6 is 0 Å². The van der Waals surface area contributed by atoms with Crippen LogP contribution in [0.5, 0.6) is 5.88 Å². The van der Waals surface area contributed by atoms with Gasteiger partial charge in [-0.1, -0.05) is 13.3 Å². The highest BCUT2D eigenvalue weighted by Gasteiger charge is 2.27. The first-order valence-corrected chi connectivity index (χ1v) is 7.13. The normalized spacial score (nSPS) is 22.2. The van der Waals surface area contributed by atoms with E-state index < -0.39 is 5.97 Å². The highest BCUT2D eigenvalue weighted by atomic mass is 16.5. The van der Waals surface area contributed by atoms with Gasteiger partial charge in [-0.25, -0.2) is 9.97 Å². The van der Waals surface area contributed by atoms with Crippen LogP contribution in [0.1, 0.15) is 39.0 Å². The van der Waals surface area contributed by atoms with E-state index in [2.05, 4.69) is 15.3 Å². The number of hydrogen-bond donors (Lipinski definition) is 2. The molecule has 1 heterocycles. The van der Waals surface area contributed by atoms with Crippen LogP contribution in [0, 0.1) is 5.92 Å². The van der Waals surface area contributed by atoms with E-state index in [9.17, 15) is 4.79 Å². The monoisotopic (exact) mass is 279 g/mol. The summed E-state index contributed by atoms with van der Waals surface area (Å²) in [7, 11) is 0. The number of carboxylic acid groups (broad SMARTS) is 1. The Kier molecular flexibility index (Phi) is 5.15. The molecule has 1 aliphatic rings. The summed E-state index contributed by atoms with van der Waals surface area (Å²) < 4.78 is 5.46. The summed E-state index contributed by atoms with van der Waals surface area (Å²) >= 11 is 0. The van der Waals surface area contributed by atoms with E-state index in [1.54, 1.807) is 6.07 Å². The second-order valence-electron chi connectivity index (χ2n) is 5.13.